The molecule has 0 saturated carbocycles. The van der Waals surface area contributed by atoms with Crippen molar-refractivity contribution in [3.05, 3.63) is 42.0 Å². The summed E-state index contributed by atoms with van der Waals surface area (Å²) in [4.78, 5) is 16.0. The number of aromatic nitrogens is 2. The molecular formula is C13H17N3O. The SMILES string of the molecule is Cn1ccnc1CCNC(=O)C1=CCCC=C1. The van der Waals surface area contributed by atoms with Crippen molar-refractivity contribution >= 4 is 5.91 Å². The van der Waals surface area contributed by atoms with E-state index in [0.717, 1.165) is 30.7 Å². The Hall–Kier alpha value is -1.84. The molecule has 1 heterocycles. The van der Waals surface area contributed by atoms with Crippen LogP contribution < -0.4 is 5.32 Å². The number of hydrogen-bond acceptors (Lipinski definition) is 2. The van der Waals surface area contributed by atoms with Crippen molar-refractivity contribution < 1.29 is 4.79 Å². The summed E-state index contributed by atoms with van der Waals surface area (Å²) >= 11 is 0. The molecule has 1 aliphatic carbocycles. The van der Waals surface area contributed by atoms with Gasteiger partial charge in [-0.3, -0.25) is 4.79 Å². The summed E-state index contributed by atoms with van der Waals surface area (Å²) in [5.74, 6) is 0.994. The lowest BCUT2D eigenvalue weighted by molar-refractivity contribution is -0.117. The molecule has 1 amide bonds. The van der Waals surface area contributed by atoms with Crippen molar-refractivity contribution in [2.75, 3.05) is 6.54 Å². The molecule has 0 aromatic carbocycles. The normalized spacial score (nSPS) is 14.5. The number of nitrogens with one attached hydrogen (secondary N) is 1. The van der Waals surface area contributed by atoms with Crippen LogP contribution >= 0.6 is 0 Å². The molecule has 17 heavy (non-hydrogen) atoms. The van der Waals surface area contributed by atoms with Gasteiger partial charge >= 0.3 is 0 Å². The average molecular weight is 231 g/mol. The van der Waals surface area contributed by atoms with Crippen molar-refractivity contribution in [1.29, 1.82) is 0 Å². The van der Waals surface area contributed by atoms with Crippen molar-refractivity contribution in [2.24, 2.45) is 7.05 Å². The highest BCUT2D eigenvalue weighted by molar-refractivity contribution is 5.96. The van der Waals surface area contributed by atoms with Crippen molar-refractivity contribution in [1.82, 2.24) is 14.9 Å². The van der Waals surface area contributed by atoms with E-state index in [2.05, 4.69) is 10.3 Å². The van der Waals surface area contributed by atoms with Crippen LogP contribution in [0.1, 0.15) is 18.7 Å². The van der Waals surface area contributed by atoms with Crippen LogP contribution in [0.3, 0.4) is 0 Å². The molecule has 0 fully saturated rings. The third-order valence-corrected chi connectivity index (χ3v) is 2.81. The van der Waals surface area contributed by atoms with Gasteiger partial charge in [0, 0.05) is 38.0 Å². The highest BCUT2D eigenvalue weighted by Crippen LogP contribution is 2.09. The zero-order chi connectivity index (χ0) is 12.1. The predicted molar refractivity (Wildman–Crippen MR) is 66.4 cm³/mol. The van der Waals surface area contributed by atoms with Gasteiger partial charge in [0.05, 0.1) is 0 Å². The van der Waals surface area contributed by atoms with Crippen LogP contribution in [-0.4, -0.2) is 22.0 Å². The van der Waals surface area contributed by atoms with Crippen LogP contribution in [0.5, 0.6) is 0 Å². The van der Waals surface area contributed by atoms with Crippen molar-refractivity contribution in [3.63, 3.8) is 0 Å². The van der Waals surface area contributed by atoms with Crippen LogP contribution in [-0.2, 0) is 18.3 Å². The van der Waals surface area contributed by atoms with E-state index >= 15 is 0 Å². The van der Waals surface area contributed by atoms with Crippen LogP contribution in [0, 0.1) is 0 Å². The molecule has 4 nitrogen and oxygen atoms in total. The first-order chi connectivity index (χ1) is 8.27. The Morgan fingerprint density at radius 2 is 2.41 bits per heavy atom. The Labute approximate surface area is 101 Å². The average Bonchev–Trinajstić information content (AvgIpc) is 2.76. The Kier molecular flexibility index (Phi) is 3.75. The maximum atomic E-state index is 11.8. The smallest absolute Gasteiger partial charge is 0.250 e. The van der Waals surface area contributed by atoms with E-state index < -0.39 is 0 Å². The Balaban J connectivity index is 1.79. The molecule has 0 aliphatic heterocycles. The molecular weight excluding hydrogens is 214 g/mol. The van der Waals surface area contributed by atoms with Gasteiger partial charge in [0.15, 0.2) is 0 Å². The molecule has 2 rings (SSSR count). The number of amides is 1. The lowest BCUT2D eigenvalue weighted by Crippen LogP contribution is -2.27. The van der Waals surface area contributed by atoms with E-state index in [0.29, 0.717) is 6.54 Å². The van der Waals surface area contributed by atoms with Crippen LogP contribution in [0.15, 0.2) is 36.2 Å². The topological polar surface area (TPSA) is 46.9 Å². The summed E-state index contributed by atoms with van der Waals surface area (Å²) < 4.78 is 1.96. The fraction of sp³-hybridized carbons (Fsp3) is 0.385. The van der Waals surface area contributed by atoms with Gasteiger partial charge < -0.3 is 9.88 Å². The van der Waals surface area contributed by atoms with E-state index in [1.54, 1.807) is 6.20 Å². The van der Waals surface area contributed by atoms with Crippen LogP contribution in [0.4, 0.5) is 0 Å². The maximum Gasteiger partial charge on any atom is 0.250 e. The Bertz CT molecular complexity index is 457. The van der Waals surface area contributed by atoms with Crippen LogP contribution in [0.25, 0.3) is 0 Å². The number of carbonyl (C=O) groups is 1. The summed E-state index contributed by atoms with van der Waals surface area (Å²) in [6, 6.07) is 0. The summed E-state index contributed by atoms with van der Waals surface area (Å²) in [6.45, 7) is 0.620. The second kappa shape index (κ2) is 5.48. The van der Waals surface area contributed by atoms with Crippen molar-refractivity contribution in [3.8, 4) is 0 Å². The molecule has 0 atom stereocenters. The van der Waals surface area contributed by atoms with Crippen molar-refractivity contribution in [2.45, 2.75) is 19.3 Å². The zero-order valence-corrected chi connectivity index (χ0v) is 10.0. The summed E-state index contributed by atoms with van der Waals surface area (Å²) in [6.07, 6.45) is 12.3. The van der Waals surface area contributed by atoms with Crippen LogP contribution in [0.2, 0.25) is 0 Å². The maximum absolute atomic E-state index is 11.8. The van der Waals surface area contributed by atoms with E-state index in [1.807, 2.05) is 36.0 Å². The quantitative estimate of drug-likeness (QED) is 0.850. The van der Waals surface area contributed by atoms with E-state index in [1.165, 1.54) is 0 Å². The van der Waals surface area contributed by atoms with Gasteiger partial charge in [-0.2, -0.15) is 0 Å². The molecule has 1 N–H and O–H groups in total. The summed E-state index contributed by atoms with van der Waals surface area (Å²) in [7, 11) is 1.95. The third kappa shape index (κ3) is 3.06. The number of carbonyl (C=O) groups excluding carboxylic acids is 1. The molecule has 0 radical (unpaired) electrons. The Morgan fingerprint density at radius 3 is 3.06 bits per heavy atom. The number of nitrogens with zero attached hydrogens (tertiary/aromatic N) is 2. The number of hydrogen-bond donors (Lipinski definition) is 1. The van der Waals surface area contributed by atoms with Gasteiger partial charge in [0.2, 0.25) is 0 Å². The van der Waals surface area contributed by atoms with Gasteiger partial charge in [-0.25, -0.2) is 4.98 Å². The largest absolute Gasteiger partial charge is 0.352 e. The first-order valence-corrected chi connectivity index (χ1v) is 5.88. The Morgan fingerprint density at radius 1 is 1.53 bits per heavy atom. The van der Waals surface area contributed by atoms with Gasteiger partial charge in [-0.15, -0.1) is 0 Å². The zero-order valence-electron chi connectivity index (χ0n) is 10.0. The fourth-order valence-electron chi connectivity index (χ4n) is 1.81. The van der Waals surface area contributed by atoms with Gasteiger partial charge in [-0.1, -0.05) is 18.2 Å². The second-order valence-corrected chi connectivity index (χ2v) is 4.10. The highest BCUT2D eigenvalue weighted by Gasteiger charge is 2.07. The standard InChI is InChI=1S/C13H17N3O/c1-16-10-9-14-12(16)7-8-15-13(17)11-5-3-2-4-6-11/h3,5-6,9-10H,2,4,7-8H2,1H3,(H,15,17). The van der Waals surface area contributed by atoms with E-state index in [9.17, 15) is 4.79 Å². The molecule has 0 bridgehead atoms. The highest BCUT2D eigenvalue weighted by atomic mass is 16.1. The predicted octanol–water partition coefficient (Wildman–Crippen LogP) is 1.36. The molecule has 1 aromatic heterocycles. The first kappa shape index (κ1) is 11.6. The molecule has 1 aliphatic rings. The number of rotatable bonds is 4. The minimum Gasteiger partial charge on any atom is -0.352 e. The molecule has 0 spiro atoms. The lowest BCUT2D eigenvalue weighted by Gasteiger charge is -2.08. The number of aryl methyl sites for hydroxylation is 1. The molecule has 0 unspecified atom stereocenters. The molecule has 0 saturated heterocycles. The van der Waals surface area contributed by atoms with E-state index in [4.69, 9.17) is 0 Å². The van der Waals surface area contributed by atoms with E-state index in [-0.39, 0.29) is 5.91 Å². The minimum atomic E-state index is 0.00941. The number of imidazole rings is 1. The van der Waals surface area contributed by atoms with Gasteiger partial charge in [0.1, 0.15) is 5.82 Å². The fourth-order valence-corrected chi connectivity index (χ4v) is 1.81. The molecule has 1 aromatic rings. The first-order valence-electron chi connectivity index (χ1n) is 5.88. The minimum absolute atomic E-state index is 0.00941. The summed E-state index contributed by atoms with van der Waals surface area (Å²) in [5, 5.41) is 2.91. The van der Waals surface area contributed by atoms with Gasteiger partial charge in [0.25, 0.3) is 5.91 Å². The summed E-state index contributed by atoms with van der Waals surface area (Å²) in [5.41, 5.74) is 0.774. The lowest BCUT2D eigenvalue weighted by atomic mass is 10.1. The number of allylic oxidation sites excluding steroid dienone is 2. The third-order valence-electron chi connectivity index (χ3n) is 2.81. The monoisotopic (exact) mass is 231 g/mol. The second-order valence-electron chi connectivity index (χ2n) is 4.10. The molecule has 4 heteroatoms. The van der Waals surface area contributed by atoms with Gasteiger partial charge in [-0.05, 0) is 12.8 Å². The molecule has 90 valence electrons.